The summed E-state index contributed by atoms with van der Waals surface area (Å²) in [6.45, 7) is 0.563. The van der Waals surface area contributed by atoms with Crippen LogP contribution in [0, 0.1) is 5.92 Å². The first-order valence-corrected chi connectivity index (χ1v) is 7.59. The minimum atomic E-state index is -0.706. The molecule has 6 nitrogen and oxygen atoms in total. The highest BCUT2D eigenvalue weighted by atomic mass is 16.5. The first kappa shape index (κ1) is 17.0. The number of carbonyl (C=O) groups excluding carboxylic acids is 3. The van der Waals surface area contributed by atoms with E-state index in [4.69, 9.17) is 4.74 Å². The van der Waals surface area contributed by atoms with Crippen molar-refractivity contribution in [2.24, 2.45) is 5.92 Å². The van der Waals surface area contributed by atoms with Crippen molar-refractivity contribution in [3.63, 3.8) is 0 Å². The molecular weight excluding hydrogens is 298 g/mol. The molecule has 2 atom stereocenters. The van der Waals surface area contributed by atoms with Crippen LogP contribution in [0.2, 0.25) is 0 Å². The zero-order valence-electron chi connectivity index (χ0n) is 13.4. The standard InChI is InChI=1S/C17H21NO5/c1-22-15(19)11-13(17(21)23-2)14-9-6-10-18(14)16(20)12-7-4-3-5-8-12/h3-5,7-8,13-14H,6,9-11H2,1-2H3. The van der Waals surface area contributed by atoms with Crippen LogP contribution < -0.4 is 0 Å². The van der Waals surface area contributed by atoms with Gasteiger partial charge in [0.25, 0.3) is 5.91 Å². The van der Waals surface area contributed by atoms with Gasteiger partial charge in [-0.2, -0.15) is 0 Å². The third-order valence-corrected chi connectivity index (χ3v) is 4.16. The van der Waals surface area contributed by atoms with Crippen LogP contribution in [0.15, 0.2) is 30.3 Å². The highest BCUT2D eigenvalue weighted by Gasteiger charge is 2.40. The van der Waals surface area contributed by atoms with E-state index < -0.39 is 17.9 Å². The molecule has 23 heavy (non-hydrogen) atoms. The molecule has 1 aliphatic heterocycles. The van der Waals surface area contributed by atoms with E-state index in [-0.39, 0.29) is 18.4 Å². The van der Waals surface area contributed by atoms with Gasteiger partial charge < -0.3 is 14.4 Å². The second-order valence-corrected chi connectivity index (χ2v) is 5.48. The van der Waals surface area contributed by atoms with Gasteiger partial charge >= 0.3 is 11.9 Å². The smallest absolute Gasteiger partial charge is 0.311 e. The minimum absolute atomic E-state index is 0.0909. The quantitative estimate of drug-likeness (QED) is 0.772. The molecule has 1 aromatic carbocycles. The lowest BCUT2D eigenvalue weighted by atomic mass is 9.93. The van der Waals surface area contributed by atoms with Gasteiger partial charge in [-0.1, -0.05) is 18.2 Å². The van der Waals surface area contributed by atoms with Crippen molar-refractivity contribution in [1.29, 1.82) is 0 Å². The number of likely N-dealkylation sites (tertiary alicyclic amines) is 1. The third-order valence-electron chi connectivity index (χ3n) is 4.16. The molecule has 0 spiro atoms. The van der Waals surface area contributed by atoms with Gasteiger partial charge in [0.2, 0.25) is 0 Å². The minimum Gasteiger partial charge on any atom is -0.469 e. The van der Waals surface area contributed by atoms with E-state index in [0.29, 0.717) is 18.5 Å². The largest absolute Gasteiger partial charge is 0.469 e. The summed E-state index contributed by atoms with van der Waals surface area (Å²) in [6, 6.07) is 8.56. The fourth-order valence-electron chi connectivity index (χ4n) is 3.00. The fraction of sp³-hybridized carbons (Fsp3) is 0.471. The zero-order valence-corrected chi connectivity index (χ0v) is 13.4. The summed E-state index contributed by atoms with van der Waals surface area (Å²) in [5.41, 5.74) is 0.570. The molecule has 0 aliphatic carbocycles. The number of benzene rings is 1. The van der Waals surface area contributed by atoms with Crippen LogP contribution in [0.4, 0.5) is 0 Å². The summed E-state index contributed by atoms with van der Waals surface area (Å²) in [5.74, 6) is -1.82. The van der Waals surface area contributed by atoms with E-state index in [1.54, 1.807) is 29.2 Å². The molecule has 6 heteroatoms. The van der Waals surface area contributed by atoms with Crippen molar-refractivity contribution in [3.8, 4) is 0 Å². The van der Waals surface area contributed by atoms with Crippen molar-refractivity contribution >= 4 is 17.8 Å². The zero-order chi connectivity index (χ0) is 16.8. The number of hydrogen-bond donors (Lipinski definition) is 0. The Labute approximate surface area is 135 Å². The molecular formula is C17H21NO5. The lowest BCUT2D eigenvalue weighted by Gasteiger charge is -2.29. The molecule has 2 unspecified atom stereocenters. The van der Waals surface area contributed by atoms with Gasteiger partial charge in [0.15, 0.2) is 0 Å². The van der Waals surface area contributed by atoms with E-state index in [1.807, 2.05) is 6.07 Å². The van der Waals surface area contributed by atoms with Crippen molar-refractivity contribution in [1.82, 2.24) is 4.90 Å². The van der Waals surface area contributed by atoms with Gasteiger partial charge in [-0.3, -0.25) is 14.4 Å². The molecule has 1 fully saturated rings. The average Bonchev–Trinajstić information content (AvgIpc) is 3.08. The number of hydrogen-bond acceptors (Lipinski definition) is 5. The number of carbonyl (C=O) groups is 3. The Morgan fingerprint density at radius 2 is 1.87 bits per heavy atom. The normalized spacial score (nSPS) is 18.3. The van der Waals surface area contributed by atoms with E-state index in [9.17, 15) is 14.4 Å². The van der Waals surface area contributed by atoms with Crippen LogP contribution >= 0.6 is 0 Å². The maximum Gasteiger partial charge on any atom is 0.311 e. The van der Waals surface area contributed by atoms with Gasteiger partial charge in [0, 0.05) is 18.2 Å². The van der Waals surface area contributed by atoms with Crippen molar-refractivity contribution in [2.45, 2.75) is 25.3 Å². The van der Waals surface area contributed by atoms with Crippen LogP contribution in [-0.2, 0) is 19.1 Å². The Hall–Kier alpha value is -2.37. The molecule has 1 saturated heterocycles. The molecule has 0 bridgehead atoms. The second kappa shape index (κ2) is 7.76. The van der Waals surface area contributed by atoms with Gasteiger partial charge in [-0.15, -0.1) is 0 Å². The molecule has 0 radical (unpaired) electrons. The average molecular weight is 319 g/mol. The highest BCUT2D eigenvalue weighted by molar-refractivity contribution is 5.95. The molecule has 124 valence electrons. The number of rotatable bonds is 5. The lowest BCUT2D eigenvalue weighted by molar-refractivity contribution is -0.153. The van der Waals surface area contributed by atoms with Gasteiger partial charge in [0.05, 0.1) is 26.6 Å². The Bertz CT molecular complexity index is 572. The first-order valence-electron chi connectivity index (χ1n) is 7.59. The van der Waals surface area contributed by atoms with Gasteiger partial charge in [-0.25, -0.2) is 0 Å². The van der Waals surface area contributed by atoms with Crippen LogP contribution in [0.3, 0.4) is 0 Å². The van der Waals surface area contributed by atoms with Crippen molar-refractivity contribution in [2.75, 3.05) is 20.8 Å². The molecule has 1 aliphatic rings. The predicted octanol–water partition coefficient (Wildman–Crippen LogP) is 1.64. The molecule has 2 rings (SSSR count). The Balaban J connectivity index is 2.21. The van der Waals surface area contributed by atoms with E-state index in [1.165, 1.54) is 14.2 Å². The monoisotopic (exact) mass is 319 g/mol. The number of esters is 2. The summed E-state index contributed by atoms with van der Waals surface area (Å²) < 4.78 is 9.48. The number of nitrogens with zero attached hydrogens (tertiary/aromatic N) is 1. The van der Waals surface area contributed by atoms with Crippen LogP contribution in [0.25, 0.3) is 0 Å². The van der Waals surface area contributed by atoms with Crippen LogP contribution in [0.5, 0.6) is 0 Å². The topological polar surface area (TPSA) is 72.9 Å². The van der Waals surface area contributed by atoms with Crippen LogP contribution in [0.1, 0.15) is 29.6 Å². The van der Waals surface area contributed by atoms with E-state index in [2.05, 4.69) is 4.74 Å². The lowest BCUT2D eigenvalue weighted by Crippen LogP contribution is -2.44. The fourth-order valence-corrected chi connectivity index (χ4v) is 3.00. The summed E-state index contributed by atoms with van der Waals surface area (Å²) in [5, 5.41) is 0. The summed E-state index contributed by atoms with van der Waals surface area (Å²) in [7, 11) is 2.56. The molecule has 0 N–H and O–H groups in total. The van der Waals surface area contributed by atoms with E-state index in [0.717, 1.165) is 6.42 Å². The van der Waals surface area contributed by atoms with Crippen molar-refractivity contribution in [3.05, 3.63) is 35.9 Å². The SMILES string of the molecule is COC(=O)CC(C(=O)OC)C1CCCN1C(=O)c1ccccc1. The maximum absolute atomic E-state index is 12.7. The van der Waals surface area contributed by atoms with Crippen LogP contribution in [-0.4, -0.2) is 49.6 Å². The Morgan fingerprint density at radius 3 is 2.48 bits per heavy atom. The summed E-state index contributed by atoms with van der Waals surface area (Å²) in [4.78, 5) is 38.1. The Kier molecular flexibility index (Phi) is 5.73. The number of methoxy groups -OCH3 is 2. The third kappa shape index (κ3) is 3.88. The summed E-state index contributed by atoms with van der Waals surface area (Å²) >= 11 is 0. The van der Waals surface area contributed by atoms with E-state index >= 15 is 0 Å². The first-order chi connectivity index (χ1) is 11.1. The van der Waals surface area contributed by atoms with Crippen molar-refractivity contribution < 1.29 is 23.9 Å². The number of ether oxygens (including phenoxy) is 2. The number of amides is 1. The molecule has 1 heterocycles. The predicted molar refractivity (Wildman–Crippen MR) is 82.6 cm³/mol. The molecule has 0 saturated carbocycles. The van der Waals surface area contributed by atoms with Gasteiger partial charge in [0.1, 0.15) is 0 Å². The summed E-state index contributed by atoms with van der Waals surface area (Å²) in [6.07, 6.45) is 1.36. The molecule has 1 amide bonds. The second-order valence-electron chi connectivity index (χ2n) is 5.48. The maximum atomic E-state index is 12.7. The highest BCUT2D eigenvalue weighted by Crippen LogP contribution is 2.29. The molecule has 0 aromatic heterocycles. The van der Waals surface area contributed by atoms with Gasteiger partial charge in [-0.05, 0) is 25.0 Å². The molecule has 1 aromatic rings. The Morgan fingerprint density at radius 1 is 1.17 bits per heavy atom.